The third kappa shape index (κ3) is 17.1. The number of nitrogens with zero attached hydrogens (tertiary/aromatic N) is 7. The number of unbranched alkanes of at least 4 members (excludes halogenated alkanes) is 9. The quantitative estimate of drug-likeness (QED) is 0.0213. The first-order valence-electron chi connectivity index (χ1n) is 30.4. The van der Waals surface area contributed by atoms with Crippen molar-refractivity contribution in [3.63, 3.8) is 0 Å². The van der Waals surface area contributed by atoms with Gasteiger partial charge in [0.1, 0.15) is 5.82 Å². The number of furan rings is 1. The molecule has 0 saturated carbocycles. The highest BCUT2D eigenvalue weighted by Gasteiger charge is 2.20. The van der Waals surface area contributed by atoms with E-state index in [1.165, 1.54) is 32.1 Å². The Kier molecular flexibility index (Phi) is 24.6. The van der Waals surface area contributed by atoms with Gasteiger partial charge in [0, 0.05) is 76.5 Å². The van der Waals surface area contributed by atoms with Crippen LogP contribution in [0.5, 0.6) is 0 Å². The van der Waals surface area contributed by atoms with E-state index in [1.807, 2.05) is 108 Å². The summed E-state index contributed by atoms with van der Waals surface area (Å²) < 4.78 is 11.9. The average molecular weight is 1170 g/mol. The van der Waals surface area contributed by atoms with Gasteiger partial charge in [-0.25, -0.2) is 19.4 Å². The van der Waals surface area contributed by atoms with Crippen molar-refractivity contribution in [1.82, 2.24) is 18.7 Å². The van der Waals surface area contributed by atoms with Crippen LogP contribution in [0.1, 0.15) is 171 Å². The van der Waals surface area contributed by atoms with Gasteiger partial charge in [0.25, 0.3) is 0 Å². The van der Waals surface area contributed by atoms with Gasteiger partial charge in [0.15, 0.2) is 0 Å². The Balaban J connectivity index is 0.000000168. The molecule has 86 heavy (non-hydrogen) atoms. The van der Waals surface area contributed by atoms with E-state index in [-0.39, 0.29) is 11.9 Å². The molecule has 0 aliphatic heterocycles. The van der Waals surface area contributed by atoms with Gasteiger partial charge < -0.3 is 28.1 Å². The molecule has 10 aromatic rings. The van der Waals surface area contributed by atoms with Gasteiger partial charge in [0.05, 0.1) is 50.5 Å². The summed E-state index contributed by atoms with van der Waals surface area (Å²) >= 11 is 1.70. The summed E-state index contributed by atoms with van der Waals surface area (Å²) in [5, 5.41) is 19.3. The Morgan fingerprint density at radius 3 is 1.40 bits per heavy atom. The molecule has 446 valence electrons. The molecule has 0 spiro atoms. The molecule has 6 aromatic heterocycles. The topological polar surface area (TPSA) is 157 Å². The van der Waals surface area contributed by atoms with E-state index < -0.39 is 5.97 Å². The van der Waals surface area contributed by atoms with Gasteiger partial charge in [-0.1, -0.05) is 187 Å². The van der Waals surface area contributed by atoms with Gasteiger partial charge in [-0.2, -0.15) is 0 Å². The lowest BCUT2D eigenvalue weighted by Gasteiger charge is -2.06. The summed E-state index contributed by atoms with van der Waals surface area (Å²) in [5.74, 6) is 0.499. The molecule has 0 aliphatic carbocycles. The molecule has 0 amide bonds. The van der Waals surface area contributed by atoms with Gasteiger partial charge >= 0.3 is 17.9 Å². The predicted molar refractivity (Wildman–Crippen MR) is 348 cm³/mol. The number of benzene rings is 4. The molecule has 14 nitrogen and oxygen atoms in total. The first-order valence-corrected chi connectivity index (χ1v) is 31.3. The monoisotopic (exact) mass is 1170 g/mol. The highest BCUT2D eigenvalue weighted by molar-refractivity contribution is 7.12. The number of rotatable bonds is 27. The molecule has 0 unspecified atom stereocenters. The van der Waals surface area contributed by atoms with E-state index in [2.05, 4.69) is 104 Å². The standard InChI is InChI=1S/C26H26N2O3.C23H27N3O2.C22H26N2O2S/c1-2-3-4-8-15-23(27-31-26(29)20-12-6-5-7-13-20)22-19-28(25-17-11-18-30-25)24-16-10-9-14-21(22)24;1-3-5-6-7-13-20(25-28-23(27)4-2)19-17-26(22-15-10-11-16-24-22)21-14-9-8-12-18(19)21;1-3-5-6-7-12-19(23-26-22(25)4-2)18-16-24(21-14-10-15-27-21)20-13-9-8-11-17(18)20/h5-7,9-14,16-19H,2-4,8,15H2,1H3;8-12,14-17H,3-7,13H2,1-2H3;8-11,13-16H,3-7,12H2,1-2H3/b27-23+;25-20+;23-19+. The lowest BCUT2D eigenvalue weighted by Crippen LogP contribution is -2.06. The van der Waals surface area contributed by atoms with Crippen molar-refractivity contribution in [3.8, 4) is 16.7 Å². The summed E-state index contributed by atoms with van der Waals surface area (Å²) in [5.41, 5.74) is 9.09. The van der Waals surface area contributed by atoms with Crippen molar-refractivity contribution >= 4 is 79.1 Å². The third-order valence-corrected chi connectivity index (χ3v) is 15.5. The zero-order chi connectivity index (χ0) is 60.3. The lowest BCUT2D eigenvalue weighted by molar-refractivity contribution is -0.144. The summed E-state index contributed by atoms with van der Waals surface area (Å²) in [6.45, 7) is 10.1. The summed E-state index contributed by atoms with van der Waals surface area (Å²) in [7, 11) is 0. The average Bonchev–Trinajstić information content (AvgIpc) is 1.98. The Morgan fingerprint density at radius 2 is 0.930 bits per heavy atom. The number of aromatic nitrogens is 4. The number of pyridine rings is 1. The fourth-order valence-corrected chi connectivity index (χ4v) is 10.7. The van der Waals surface area contributed by atoms with Crippen LogP contribution >= 0.6 is 11.3 Å². The van der Waals surface area contributed by atoms with E-state index in [0.29, 0.717) is 18.4 Å². The highest BCUT2D eigenvalue weighted by atomic mass is 32.1. The van der Waals surface area contributed by atoms with Crippen LogP contribution in [0.2, 0.25) is 0 Å². The Labute approximate surface area is 508 Å². The second-order valence-corrected chi connectivity index (χ2v) is 21.7. The molecule has 0 saturated heterocycles. The van der Waals surface area contributed by atoms with Crippen molar-refractivity contribution < 1.29 is 33.3 Å². The Hall–Kier alpha value is -8.95. The molecule has 0 atom stereocenters. The van der Waals surface area contributed by atoms with Gasteiger partial charge in [-0.3, -0.25) is 4.57 Å². The van der Waals surface area contributed by atoms with Crippen molar-refractivity contribution in [2.45, 2.75) is 144 Å². The Bertz CT molecular complexity index is 3800. The second-order valence-electron chi connectivity index (χ2n) is 20.8. The summed E-state index contributed by atoms with van der Waals surface area (Å²) in [6, 6.07) is 47.3. The lowest BCUT2D eigenvalue weighted by atomic mass is 10.0. The van der Waals surface area contributed by atoms with Crippen LogP contribution < -0.4 is 0 Å². The van der Waals surface area contributed by atoms with Crippen LogP contribution in [-0.4, -0.2) is 53.7 Å². The fourth-order valence-electron chi connectivity index (χ4n) is 10.0. The minimum Gasteiger partial charge on any atom is -0.448 e. The second kappa shape index (κ2) is 33.5. The van der Waals surface area contributed by atoms with Crippen molar-refractivity contribution in [2.75, 3.05) is 0 Å². The predicted octanol–water partition coefficient (Wildman–Crippen LogP) is 18.7. The van der Waals surface area contributed by atoms with Crippen LogP contribution in [0.15, 0.2) is 202 Å². The van der Waals surface area contributed by atoms with Crippen LogP contribution in [0.3, 0.4) is 0 Å². The maximum atomic E-state index is 12.5. The molecule has 6 heterocycles. The van der Waals surface area contributed by atoms with Crippen molar-refractivity contribution in [2.24, 2.45) is 15.5 Å². The zero-order valence-electron chi connectivity index (χ0n) is 50.2. The molecule has 0 bridgehead atoms. The molecular weight excluding hydrogens is 1090 g/mol. The fraction of sp³-hybridized carbons (Fsp3) is 0.310. The maximum Gasteiger partial charge on any atom is 0.365 e. The van der Waals surface area contributed by atoms with E-state index in [1.54, 1.807) is 49.8 Å². The van der Waals surface area contributed by atoms with Gasteiger partial charge in [-0.15, -0.1) is 11.3 Å². The largest absolute Gasteiger partial charge is 0.448 e. The minimum atomic E-state index is -0.457. The number of thiophene rings is 1. The van der Waals surface area contributed by atoms with Crippen LogP contribution in [0, 0.1) is 0 Å². The molecule has 4 aromatic carbocycles. The van der Waals surface area contributed by atoms with Gasteiger partial charge in [-0.05, 0) is 105 Å². The van der Waals surface area contributed by atoms with Crippen LogP contribution in [-0.2, 0) is 24.1 Å². The first kappa shape index (κ1) is 63.1. The number of hydrogen-bond acceptors (Lipinski definition) is 12. The van der Waals surface area contributed by atoms with Crippen LogP contribution in [0.4, 0.5) is 0 Å². The molecule has 0 aliphatic rings. The minimum absolute atomic E-state index is 0.303. The smallest absolute Gasteiger partial charge is 0.365 e. The first-order chi connectivity index (χ1) is 42.3. The zero-order valence-corrected chi connectivity index (χ0v) is 51.1. The van der Waals surface area contributed by atoms with Gasteiger partial charge in [0.2, 0.25) is 5.88 Å². The normalized spacial score (nSPS) is 11.8. The molecular formula is C71H79N7O7S. The summed E-state index contributed by atoms with van der Waals surface area (Å²) in [4.78, 5) is 55.9. The molecule has 0 radical (unpaired) electrons. The number of fused-ring (bicyclic) bond motifs is 3. The van der Waals surface area contributed by atoms with E-state index in [0.717, 1.165) is 147 Å². The highest BCUT2D eigenvalue weighted by Crippen LogP contribution is 2.31. The van der Waals surface area contributed by atoms with Crippen molar-refractivity contribution in [3.05, 3.63) is 204 Å². The maximum absolute atomic E-state index is 12.5. The van der Waals surface area contributed by atoms with E-state index in [9.17, 15) is 14.4 Å². The Morgan fingerprint density at radius 1 is 0.465 bits per heavy atom. The van der Waals surface area contributed by atoms with E-state index in [4.69, 9.17) is 18.9 Å². The third-order valence-electron chi connectivity index (χ3n) is 14.6. The number of para-hydroxylation sites is 3. The van der Waals surface area contributed by atoms with Crippen LogP contribution in [0.25, 0.3) is 49.4 Å². The summed E-state index contributed by atoms with van der Waals surface area (Å²) in [6.07, 6.45) is 26.1. The number of carbonyl (C=O) groups is 3. The number of oxime groups is 3. The van der Waals surface area contributed by atoms with E-state index >= 15 is 0 Å². The molecule has 0 fully saturated rings. The SMILES string of the molecule is CCCCCC/C(=N\OC(=O)CC)c1cn(-c2ccccn2)c2ccccc12.CCCCCC/C(=N\OC(=O)CC)c1cn(-c2cccs2)c2ccccc12.CCCCCC/C(=N\OC(=O)c1ccccc1)c1cn(-c2ccco2)c2ccccc12. The molecule has 15 heteroatoms. The molecule has 10 rings (SSSR count). The number of hydrogen-bond donors (Lipinski definition) is 0. The molecule has 0 N–H and O–H groups in total. The van der Waals surface area contributed by atoms with Crippen molar-refractivity contribution in [1.29, 1.82) is 0 Å². The number of carbonyl (C=O) groups excluding carboxylic acids is 3.